The number of nitrogens with zero attached hydrogens (tertiary/aromatic N) is 6. The molecule has 0 saturated carbocycles. The molecular weight excluding hydrogens is 484 g/mol. The van der Waals surface area contributed by atoms with E-state index in [1.165, 1.54) is 16.9 Å². The molecule has 6 rings (SSSR count). The van der Waals surface area contributed by atoms with E-state index < -0.39 is 0 Å². The first kappa shape index (κ1) is 23.8. The van der Waals surface area contributed by atoms with Crippen molar-refractivity contribution in [2.75, 3.05) is 51.8 Å². The molecule has 2 aromatic carbocycles. The van der Waals surface area contributed by atoms with E-state index in [1.54, 1.807) is 10.9 Å². The lowest BCUT2D eigenvalue weighted by Crippen LogP contribution is -2.38. The standard InChI is InChI=1S/C28H30N6O2S/c1-19-4-6-20(7-5-19)25-17-23-26(37-25)27(35)34(18-29-23)21-8-9-24-22(16-21)30-28(31(2)3)33(24)11-10-32-12-14-36-15-13-32/h4-9,16-18H,10-15H2,1-3H3. The molecular formula is C28H30N6O2S. The van der Waals surface area contributed by atoms with Crippen molar-refractivity contribution in [3.63, 3.8) is 0 Å². The fourth-order valence-electron chi connectivity index (χ4n) is 4.84. The van der Waals surface area contributed by atoms with Gasteiger partial charge in [0.15, 0.2) is 0 Å². The molecule has 1 aliphatic heterocycles. The third-order valence-electron chi connectivity index (χ3n) is 6.91. The zero-order chi connectivity index (χ0) is 25.5. The van der Waals surface area contributed by atoms with Crippen LogP contribution in [0.3, 0.4) is 0 Å². The summed E-state index contributed by atoms with van der Waals surface area (Å²) in [5, 5.41) is 0. The Kier molecular flexibility index (Phi) is 6.27. The van der Waals surface area contributed by atoms with Crippen molar-refractivity contribution in [3.8, 4) is 16.1 Å². The van der Waals surface area contributed by atoms with Crippen LogP contribution in [0.25, 0.3) is 37.4 Å². The predicted octanol–water partition coefficient (Wildman–Crippen LogP) is 4.17. The predicted molar refractivity (Wildman–Crippen MR) is 150 cm³/mol. The number of ether oxygens (including phenoxy) is 1. The summed E-state index contributed by atoms with van der Waals surface area (Å²) in [5.74, 6) is 0.905. The molecule has 37 heavy (non-hydrogen) atoms. The van der Waals surface area contributed by atoms with Gasteiger partial charge in [0, 0.05) is 45.2 Å². The Hall–Kier alpha value is -3.53. The third kappa shape index (κ3) is 4.54. The minimum atomic E-state index is -0.0627. The Morgan fingerprint density at radius 3 is 2.54 bits per heavy atom. The number of morpholine rings is 1. The Balaban J connectivity index is 1.35. The Morgan fingerprint density at radius 1 is 1.00 bits per heavy atom. The molecule has 4 heterocycles. The molecule has 9 heteroatoms. The summed E-state index contributed by atoms with van der Waals surface area (Å²) in [6.07, 6.45) is 1.62. The van der Waals surface area contributed by atoms with E-state index in [0.29, 0.717) is 4.70 Å². The van der Waals surface area contributed by atoms with Crippen LogP contribution in [0.15, 0.2) is 59.7 Å². The number of aromatic nitrogens is 4. The van der Waals surface area contributed by atoms with Crippen molar-refractivity contribution in [1.82, 2.24) is 24.0 Å². The van der Waals surface area contributed by atoms with E-state index in [0.717, 1.165) is 78.0 Å². The second-order valence-electron chi connectivity index (χ2n) is 9.70. The highest BCUT2D eigenvalue weighted by atomic mass is 32.1. The van der Waals surface area contributed by atoms with Gasteiger partial charge in [-0.15, -0.1) is 11.3 Å². The van der Waals surface area contributed by atoms with E-state index in [1.807, 2.05) is 37.2 Å². The molecule has 3 aromatic heterocycles. The number of rotatable bonds is 6. The van der Waals surface area contributed by atoms with Gasteiger partial charge in [0.2, 0.25) is 5.95 Å². The third-order valence-corrected chi connectivity index (χ3v) is 8.07. The number of hydrogen-bond acceptors (Lipinski definition) is 7. The SMILES string of the molecule is Cc1ccc(-c2cc3ncn(-c4ccc5c(c4)nc(N(C)C)n5CCN4CCOCC4)c(=O)c3s2)cc1. The van der Waals surface area contributed by atoms with Gasteiger partial charge in [0.1, 0.15) is 11.0 Å². The summed E-state index contributed by atoms with van der Waals surface area (Å²) in [6.45, 7) is 7.35. The molecule has 0 atom stereocenters. The van der Waals surface area contributed by atoms with Gasteiger partial charge in [0.25, 0.3) is 5.56 Å². The van der Waals surface area contributed by atoms with Gasteiger partial charge in [-0.3, -0.25) is 14.3 Å². The topological polar surface area (TPSA) is 68.4 Å². The summed E-state index contributed by atoms with van der Waals surface area (Å²) in [5.41, 5.74) is 5.65. The van der Waals surface area contributed by atoms with Crippen LogP contribution in [-0.4, -0.2) is 70.9 Å². The van der Waals surface area contributed by atoms with E-state index in [4.69, 9.17) is 9.72 Å². The Bertz CT molecular complexity index is 1630. The normalized spacial score (nSPS) is 14.6. The van der Waals surface area contributed by atoms with Crippen LogP contribution >= 0.6 is 11.3 Å². The number of imidazole rings is 1. The number of hydrogen-bond donors (Lipinski definition) is 0. The Labute approximate surface area is 219 Å². The fourth-order valence-corrected chi connectivity index (χ4v) is 5.89. The molecule has 0 N–H and O–H groups in total. The maximum atomic E-state index is 13.5. The van der Waals surface area contributed by atoms with Crippen LogP contribution in [0, 0.1) is 6.92 Å². The smallest absolute Gasteiger partial charge is 0.275 e. The number of fused-ring (bicyclic) bond motifs is 2. The average molecular weight is 515 g/mol. The number of benzene rings is 2. The van der Waals surface area contributed by atoms with Crippen LogP contribution in [0.5, 0.6) is 0 Å². The van der Waals surface area contributed by atoms with Crippen molar-refractivity contribution in [2.45, 2.75) is 13.5 Å². The molecule has 1 aliphatic rings. The lowest BCUT2D eigenvalue weighted by molar-refractivity contribution is 0.0365. The maximum absolute atomic E-state index is 13.5. The number of thiophene rings is 1. The van der Waals surface area contributed by atoms with Crippen LogP contribution in [0.1, 0.15) is 5.56 Å². The molecule has 1 fully saturated rings. The summed E-state index contributed by atoms with van der Waals surface area (Å²) in [6, 6.07) is 16.4. The fraction of sp³-hybridized carbons (Fsp3) is 0.321. The van der Waals surface area contributed by atoms with E-state index >= 15 is 0 Å². The molecule has 0 amide bonds. The number of anilines is 1. The van der Waals surface area contributed by atoms with Gasteiger partial charge in [-0.05, 0) is 36.8 Å². The molecule has 8 nitrogen and oxygen atoms in total. The van der Waals surface area contributed by atoms with Crippen molar-refractivity contribution in [1.29, 1.82) is 0 Å². The quantitative estimate of drug-likeness (QED) is 0.339. The zero-order valence-corrected chi connectivity index (χ0v) is 22.2. The van der Waals surface area contributed by atoms with Crippen LogP contribution < -0.4 is 10.5 Å². The first-order valence-electron chi connectivity index (χ1n) is 12.5. The van der Waals surface area contributed by atoms with Gasteiger partial charge >= 0.3 is 0 Å². The monoisotopic (exact) mass is 514 g/mol. The molecule has 0 radical (unpaired) electrons. The largest absolute Gasteiger partial charge is 0.379 e. The van der Waals surface area contributed by atoms with Gasteiger partial charge in [-0.2, -0.15) is 0 Å². The molecule has 190 valence electrons. The highest BCUT2D eigenvalue weighted by Gasteiger charge is 2.17. The van der Waals surface area contributed by atoms with Crippen molar-refractivity contribution in [2.24, 2.45) is 0 Å². The van der Waals surface area contributed by atoms with Gasteiger partial charge in [-0.25, -0.2) is 9.97 Å². The van der Waals surface area contributed by atoms with Gasteiger partial charge < -0.3 is 14.2 Å². The van der Waals surface area contributed by atoms with Crippen molar-refractivity contribution in [3.05, 3.63) is 70.8 Å². The maximum Gasteiger partial charge on any atom is 0.275 e. The van der Waals surface area contributed by atoms with Gasteiger partial charge in [0.05, 0.1) is 35.5 Å². The first-order chi connectivity index (χ1) is 18.0. The minimum Gasteiger partial charge on any atom is -0.379 e. The van der Waals surface area contributed by atoms with Crippen molar-refractivity contribution < 1.29 is 4.74 Å². The average Bonchev–Trinajstić information content (AvgIpc) is 3.51. The van der Waals surface area contributed by atoms with Crippen LogP contribution in [-0.2, 0) is 11.3 Å². The lowest BCUT2D eigenvalue weighted by atomic mass is 10.1. The first-order valence-corrected chi connectivity index (χ1v) is 13.4. The highest BCUT2D eigenvalue weighted by Crippen LogP contribution is 2.31. The summed E-state index contributed by atoms with van der Waals surface area (Å²) in [4.78, 5) is 28.5. The van der Waals surface area contributed by atoms with Crippen LogP contribution in [0.2, 0.25) is 0 Å². The zero-order valence-electron chi connectivity index (χ0n) is 21.3. The van der Waals surface area contributed by atoms with Crippen molar-refractivity contribution >= 4 is 38.5 Å². The molecule has 0 bridgehead atoms. The second kappa shape index (κ2) is 9.74. The highest BCUT2D eigenvalue weighted by molar-refractivity contribution is 7.22. The second-order valence-corrected chi connectivity index (χ2v) is 10.7. The molecule has 0 aliphatic carbocycles. The lowest BCUT2D eigenvalue weighted by Gasteiger charge is -2.27. The summed E-state index contributed by atoms with van der Waals surface area (Å²) in [7, 11) is 4.02. The molecule has 0 spiro atoms. The summed E-state index contributed by atoms with van der Waals surface area (Å²) < 4.78 is 10.0. The van der Waals surface area contributed by atoms with Crippen LogP contribution in [0.4, 0.5) is 5.95 Å². The number of aryl methyl sites for hydroxylation is 1. The molecule has 5 aromatic rings. The molecule has 1 saturated heterocycles. The van der Waals surface area contributed by atoms with E-state index in [2.05, 4.69) is 51.7 Å². The van der Waals surface area contributed by atoms with E-state index in [9.17, 15) is 4.79 Å². The molecule has 0 unspecified atom stereocenters. The van der Waals surface area contributed by atoms with E-state index in [-0.39, 0.29) is 5.56 Å². The minimum absolute atomic E-state index is 0.0627. The summed E-state index contributed by atoms with van der Waals surface area (Å²) >= 11 is 1.49. The Morgan fingerprint density at radius 2 is 1.78 bits per heavy atom. The van der Waals surface area contributed by atoms with Gasteiger partial charge in [-0.1, -0.05) is 29.8 Å².